The van der Waals surface area contributed by atoms with E-state index in [1.807, 2.05) is 30.3 Å². The molecular weight excluding hydrogens is 268 g/mol. The molecule has 0 saturated carbocycles. The van der Waals surface area contributed by atoms with Crippen molar-refractivity contribution >= 4 is 0 Å². The number of rotatable bonds is 9. The first-order chi connectivity index (χ1) is 10.8. The molecule has 1 heteroatoms. The molecule has 0 atom stereocenters. The molecule has 2 aromatic carbocycles. The van der Waals surface area contributed by atoms with Gasteiger partial charge >= 0.3 is 0 Å². The predicted octanol–water partition coefficient (Wildman–Crippen LogP) is 6.55. The van der Waals surface area contributed by atoms with Gasteiger partial charge in [0.1, 0.15) is 11.5 Å². The largest absolute Gasteiger partial charge is 0.457 e. The van der Waals surface area contributed by atoms with Crippen molar-refractivity contribution in [1.29, 1.82) is 0 Å². The average Bonchev–Trinajstić information content (AvgIpc) is 2.55. The van der Waals surface area contributed by atoms with Gasteiger partial charge in [-0.3, -0.25) is 0 Å². The van der Waals surface area contributed by atoms with Gasteiger partial charge in [-0.2, -0.15) is 0 Å². The first-order valence-corrected chi connectivity index (χ1v) is 8.68. The standard InChI is InChI=1S/C21H28O/c1-3-5-6-10-16-20-18(12-4-2)13-11-17-21(20)22-19-14-8-7-9-15-19/h7-9,11,13-15,17H,3-6,10,12,16H2,1-2H3. The van der Waals surface area contributed by atoms with Crippen molar-refractivity contribution in [3.05, 3.63) is 59.7 Å². The highest BCUT2D eigenvalue weighted by molar-refractivity contribution is 5.43. The van der Waals surface area contributed by atoms with E-state index in [1.54, 1.807) is 0 Å². The highest BCUT2D eigenvalue weighted by atomic mass is 16.5. The van der Waals surface area contributed by atoms with Crippen LogP contribution in [0.2, 0.25) is 0 Å². The topological polar surface area (TPSA) is 9.23 Å². The number of benzene rings is 2. The minimum absolute atomic E-state index is 0.922. The van der Waals surface area contributed by atoms with Crippen LogP contribution in [0.3, 0.4) is 0 Å². The molecule has 0 spiro atoms. The van der Waals surface area contributed by atoms with E-state index < -0.39 is 0 Å². The van der Waals surface area contributed by atoms with Crippen molar-refractivity contribution in [1.82, 2.24) is 0 Å². The summed E-state index contributed by atoms with van der Waals surface area (Å²) in [5, 5.41) is 0. The molecule has 0 radical (unpaired) electrons. The Hall–Kier alpha value is -1.76. The average molecular weight is 296 g/mol. The fraction of sp³-hybridized carbons (Fsp3) is 0.429. The molecular formula is C21H28O. The second-order valence-corrected chi connectivity index (χ2v) is 5.87. The summed E-state index contributed by atoms with van der Waals surface area (Å²) in [5.74, 6) is 1.96. The second-order valence-electron chi connectivity index (χ2n) is 5.87. The van der Waals surface area contributed by atoms with Gasteiger partial charge in [-0.25, -0.2) is 0 Å². The van der Waals surface area contributed by atoms with Crippen LogP contribution in [-0.4, -0.2) is 0 Å². The van der Waals surface area contributed by atoms with Crippen LogP contribution < -0.4 is 4.74 Å². The maximum absolute atomic E-state index is 6.15. The van der Waals surface area contributed by atoms with Crippen LogP contribution in [0.15, 0.2) is 48.5 Å². The fourth-order valence-electron chi connectivity index (χ4n) is 2.84. The van der Waals surface area contributed by atoms with Crippen molar-refractivity contribution in [2.45, 2.75) is 58.8 Å². The van der Waals surface area contributed by atoms with E-state index >= 15 is 0 Å². The van der Waals surface area contributed by atoms with Crippen LogP contribution in [0, 0.1) is 0 Å². The minimum Gasteiger partial charge on any atom is -0.457 e. The Bertz CT molecular complexity index is 545. The van der Waals surface area contributed by atoms with Crippen LogP contribution >= 0.6 is 0 Å². The summed E-state index contributed by atoms with van der Waals surface area (Å²) in [4.78, 5) is 0. The van der Waals surface area contributed by atoms with Crippen molar-refractivity contribution in [3.8, 4) is 11.5 Å². The number of aryl methyl sites for hydroxylation is 1. The summed E-state index contributed by atoms with van der Waals surface area (Å²) in [7, 11) is 0. The molecule has 0 unspecified atom stereocenters. The maximum Gasteiger partial charge on any atom is 0.130 e. The van der Waals surface area contributed by atoms with Gasteiger partial charge < -0.3 is 4.74 Å². The van der Waals surface area contributed by atoms with E-state index in [0.29, 0.717) is 0 Å². The lowest BCUT2D eigenvalue weighted by Gasteiger charge is -2.15. The van der Waals surface area contributed by atoms with Crippen LogP contribution in [0.5, 0.6) is 11.5 Å². The molecule has 0 aromatic heterocycles. The van der Waals surface area contributed by atoms with Gasteiger partial charge in [0, 0.05) is 0 Å². The lowest BCUT2D eigenvalue weighted by molar-refractivity contribution is 0.473. The Morgan fingerprint density at radius 2 is 1.55 bits per heavy atom. The maximum atomic E-state index is 6.15. The Labute approximate surface area is 135 Å². The third kappa shape index (κ3) is 4.91. The van der Waals surface area contributed by atoms with E-state index in [-0.39, 0.29) is 0 Å². The first-order valence-electron chi connectivity index (χ1n) is 8.68. The molecule has 0 aliphatic heterocycles. The van der Waals surface area contributed by atoms with Gasteiger partial charge in [0.25, 0.3) is 0 Å². The molecule has 118 valence electrons. The molecule has 0 heterocycles. The van der Waals surface area contributed by atoms with Crippen LogP contribution in [0.1, 0.15) is 57.1 Å². The number of para-hydroxylation sites is 1. The molecule has 1 nitrogen and oxygen atoms in total. The fourth-order valence-corrected chi connectivity index (χ4v) is 2.84. The van der Waals surface area contributed by atoms with E-state index in [9.17, 15) is 0 Å². The molecule has 0 aliphatic rings. The minimum atomic E-state index is 0.922. The van der Waals surface area contributed by atoms with E-state index in [1.165, 1.54) is 43.2 Å². The molecule has 2 aromatic rings. The molecule has 22 heavy (non-hydrogen) atoms. The van der Waals surface area contributed by atoms with Gasteiger partial charge in [-0.1, -0.05) is 69.9 Å². The van der Waals surface area contributed by atoms with E-state index in [0.717, 1.165) is 24.3 Å². The van der Waals surface area contributed by atoms with Crippen LogP contribution in [0.4, 0.5) is 0 Å². The highest BCUT2D eigenvalue weighted by Crippen LogP contribution is 2.30. The lowest BCUT2D eigenvalue weighted by Crippen LogP contribution is -1.99. The van der Waals surface area contributed by atoms with Gasteiger partial charge in [0.05, 0.1) is 0 Å². The summed E-state index contributed by atoms with van der Waals surface area (Å²) in [5.41, 5.74) is 2.86. The molecule has 0 amide bonds. The zero-order chi connectivity index (χ0) is 15.6. The second kappa shape index (κ2) is 9.30. The zero-order valence-corrected chi connectivity index (χ0v) is 14.0. The quantitative estimate of drug-likeness (QED) is 0.476. The Morgan fingerprint density at radius 3 is 2.27 bits per heavy atom. The van der Waals surface area contributed by atoms with E-state index in [4.69, 9.17) is 4.74 Å². The lowest BCUT2D eigenvalue weighted by atomic mass is 9.97. The smallest absolute Gasteiger partial charge is 0.130 e. The Kier molecular flexibility index (Phi) is 7.02. The van der Waals surface area contributed by atoms with Gasteiger partial charge in [-0.15, -0.1) is 0 Å². The molecule has 0 N–H and O–H groups in total. The number of hydrogen-bond acceptors (Lipinski definition) is 1. The normalized spacial score (nSPS) is 10.6. The molecule has 0 saturated heterocycles. The van der Waals surface area contributed by atoms with E-state index in [2.05, 4.69) is 32.0 Å². The van der Waals surface area contributed by atoms with Crippen LogP contribution in [0.25, 0.3) is 0 Å². The molecule has 0 aliphatic carbocycles. The monoisotopic (exact) mass is 296 g/mol. The van der Waals surface area contributed by atoms with Gasteiger partial charge in [0.2, 0.25) is 0 Å². The molecule has 0 fully saturated rings. The number of ether oxygens (including phenoxy) is 1. The summed E-state index contributed by atoms with van der Waals surface area (Å²) in [6, 6.07) is 16.6. The molecule has 0 bridgehead atoms. The number of unbranched alkanes of at least 4 members (excludes halogenated alkanes) is 3. The summed E-state index contributed by atoms with van der Waals surface area (Å²) >= 11 is 0. The van der Waals surface area contributed by atoms with Gasteiger partial charge in [0.15, 0.2) is 0 Å². The SMILES string of the molecule is CCCCCCc1c(CCC)cccc1Oc1ccccc1. The van der Waals surface area contributed by atoms with Crippen molar-refractivity contribution in [2.75, 3.05) is 0 Å². The van der Waals surface area contributed by atoms with Crippen molar-refractivity contribution in [3.63, 3.8) is 0 Å². The van der Waals surface area contributed by atoms with Gasteiger partial charge in [-0.05, 0) is 48.6 Å². The van der Waals surface area contributed by atoms with Crippen molar-refractivity contribution in [2.24, 2.45) is 0 Å². The molecule has 2 rings (SSSR count). The Balaban J connectivity index is 2.17. The summed E-state index contributed by atoms with van der Waals surface area (Å²) < 4.78 is 6.15. The Morgan fingerprint density at radius 1 is 0.727 bits per heavy atom. The van der Waals surface area contributed by atoms with Crippen LogP contribution in [-0.2, 0) is 12.8 Å². The summed E-state index contributed by atoms with van der Waals surface area (Å²) in [6.45, 7) is 4.50. The predicted molar refractivity (Wildman–Crippen MR) is 94.8 cm³/mol. The third-order valence-electron chi connectivity index (χ3n) is 4.00. The zero-order valence-electron chi connectivity index (χ0n) is 14.0. The summed E-state index contributed by atoms with van der Waals surface area (Å²) in [6.07, 6.45) is 8.60. The third-order valence-corrected chi connectivity index (χ3v) is 4.00. The number of hydrogen-bond donors (Lipinski definition) is 0. The van der Waals surface area contributed by atoms with Crippen molar-refractivity contribution < 1.29 is 4.74 Å². The first kappa shape index (κ1) is 16.6. The highest BCUT2D eigenvalue weighted by Gasteiger charge is 2.10.